The van der Waals surface area contributed by atoms with Crippen LogP contribution in [-0.2, 0) is 9.53 Å². The molecule has 1 saturated heterocycles. The predicted molar refractivity (Wildman–Crippen MR) is 72.2 cm³/mol. The lowest BCUT2D eigenvalue weighted by molar-refractivity contribution is -0.127. The fourth-order valence-corrected chi connectivity index (χ4v) is 2.42. The maximum atomic E-state index is 12.0. The van der Waals surface area contributed by atoms with E-state index in [1.807, 2.05) is 6.92 Å². The van der Waals surface area contributed by atoms with Crippen molar-refractivity contribution >= 4 is 18.5 Å². The number of nitrogens with zero attached hydrogens (tertiary/aromatic N) is 1. The quantitative estimate of drug-likeness (QED) is 0.728. The molecule has 1 heterocycles. The Morgan fingerprint density at radius 1 is 1.47 bits per heavy atom. The van der Waals surface area contributed by atoms with Crippen LogP contribution >= 0.6 is 12.6 Å². The summed E-state index contributed by atoms with van der Waals surface area (Å²) >= 11 is 4.41. The second-order valence-electron chi connectivity index (χ2n) is 4.81. The van der Waals surface area contributed by atoms with Crippen molar-refractivity contribution in [3.63, 3.8) is 0 Å². The maximum Gasteiger partial charge on any atom is 0.223 e. The molecule has 5 heteroatoms. The molecule has 2 unspecified atom stereocenters. The van der Waals surface area contributed by atoms with Gasteiger partial charge in [0.25, 0.3) is 0 Å². The lowest BCUT2D eigenvalue weighted by Crippen LogP contribution is -2.45. The molecule has 0 spiro atoms. The van der Waals surface area contributed by atoms with Gasteiger partial charge in [-0.1, -0.05) is 0 Å². The predicted octanol–water partition coefficient (Wildman–Crippen LogP) is 1.13. The molecule has 0 aromatic rings. The van der Waals surface area contributed by atoms with Crippen molar-refractivity contribution in [2.75, 3.05) is 26.8 Å². The van der Waals surface area contributed by atoms with Crippen LogP contribution in [0.4, 0.5) is 0 Å². The highest BCUT2D eigenvalue weighted by Gasteiger charge is 2.26. The molecule has 0 saturated carbocycles. The van der Waals surface area contributed by atoms with Crippen LogP contribution in [0.3, 0.4) is 0 Å². The summed E-state index contributed by atoms with van der Waals surface area (Å²) in [5, 5.41) is 3.28. The standard InChI is InChI=1S/C12H24N2O2S/c1-9(8-16-3)13-12(15)11-4-6-14(7-5-11)10(2)17/h9-11,17H,4-8H2,1-3H3,(H,13,15). The van der Waals surface area contributed by atoms with Gasteiger partial charge in [0.05, 0.1) is 6.61 Å². The van der Waals surface area contributed by atoms with Crippen LogP contribution in [0.15, 0.2) is 0 Å². The summed E-state index contributed by atoms with van der Waals surface area (Å²) in [5.74, 6) is 0.318. The molecule has 0 aromatic carbocycles. The fourth-order valence-electron chi connectivity index (χ4n) is 2.19. The van der Waals surface area contributed by atoms with Gasteiger partial charge < -0.3 is 10.1 Å². The van der Waals surface area contributed by atoms with Gasteiger partial charge in [0.2, 0.25) is 5.91 Å². The highest BCUT2D eigenvalue weighted by Crippen LogP contribution is 2.20. The number of hydrogen-bond acceptors (Lipinski definition) is 4. The minimum Gasteiger partial charge on any atom is -0.383 e. The van der Waals surface area contributed by atoms with Gasteiger partial charge in [-0.2, -0.15) is 12.6 Å². The van der Waals surface area contributed by atoms with Crippen LogP contribution in [-0.4, -0.2) is 49.0 Å². The SMILES string of the molecule is COCC(C)NC(=O)C1CCN(C(C)S)CC1. The van der Waals surface area contributed by atoms with Gasteiger partial charge in [-0.15, -0.1) is 0 Å². The van der Waals surface area contributed by atoms with E-state index in [2.05, 4.69) is 29.8 Å². The average Bonchev–Trinajstić information content (AvgIpc) is 2.29. The van der Waals surface area contributed by atoms with E-state index in [4.69, 9.17) is 4.74 Å². The molecule has 1 N–H and O–H groups in total. The molecule has 1 fully saturated rings. The van der Waals surface area contributed by atoms with Crippen LogP contribution in [0, 0.1) is 5.92 Å². The molecule has 100 valence electrons. The number of rotatable bonds is 5. The molecule has 1 aliphatic heterocycles. The largest absolute Gasteiger partial charge is 0.383 e. The number of likely N-dealkylation sites (tertiary alicyclic amines) is 1. The molecule has 17 heavy (non-hydrogen) atoms. The van der Waals surface area contributed by atoms with Crippen molar-refractivity contribution < 1.29 is 9.53 Å². The molecule has 1 amide bonds. The number of methoxy groups -OCH3 is 1. The lowest BCUT2D eigenvalue weighted by Gasteiger charge is -2.33. The summed E-state index contributed by atoms with van der Waals surface area (Å²) in [4.78, 5) is 14.3. The second-order valence-corrected chi connectivity index (χ2v) is 5.55. The summed E-state index contributed by atoms with van der Waals surface area (Å²) in [5.41, 5.74) is 0. The van der Waals surface area contributed by atoms with Crippen LogP contribution < -0.4 is 5.32 Å². The molecular formula is C12H24N2O2S. The first kappa shape index (κ1) is 14.8. The van der Waals surface area contributed by atoms with E-state index in [0.717, 1.165) is 25.9 Å². The number of hydrogen-bond donors (Lipinski definition) is 2. The van der Waals surface area contributed by atoms with Crippen molar-refractivity contribution in [1.29, 1.82) is 0 Å². The van der Waals surface area contributed by atoms with E-state index in [0.29, 0.717) is 6.61 Å². The van der Waals surface area contributed by atoms with E-state index >= 15 is 0 Å². The Hall–Kier alpha value is -0.260. The zero-order valence-corrected chi connectivity index (χ0v) is 11.9. The van der Waals surface area contributed by atoms with Gasteiger partial charge in [-0.05, 0) is 39.8 Å². The Balaban J connectivity index is 2.30. The third kappa shape index (κ3) is 4.85. The molecule has 0 bridgehead atoms. The van der Waals surface area contributed by atoms with Crippen molar-refractivity contribution in [1.82, 2.24) is 10.2 Å². The number of nitrogens with one attached hydrogen (secondary N) is 1. The zero-order valence-electron chi connectivity index (χ0n) is 11.0. The van der Waals surface area contributed by atoms with Crippen LogP contribution in [0.1, 0.15) is 26.7 Å². The first-order valence-corrected chi connectivity index (χ1v) is 6.77. The second kappa shape index (κ2) is 7.24. The number of carbonyl (C=O) groups is 1. The number of amides is 1. The summed E-state index contributed by atoms with van der Waals surface area (Å²) < 4.78 is 5.01. The molecule has 4 nitrogen and oxygen atoms in total. The van der Waals surface area contributed by atoms with E-state index < -0.39 is 0 Å². The minimum atomic E-state index is 0.0920. The van der Waals surface area contributed by atoms with Gasteiger partial charge >= 0.3 is 0 Å². The molecule has 0 radical (unpaired) electrons. The first-order chi connectivity index (χ1) is 8.04. The highest BCUT2D eigenvalue weighted by atomic mass is 32.1. The molecule has 0 aromatic heterocycles. The normalized spacial score (nSPS) is 22.1. The summed E-state index contributed by atoms with van der Waals surface area (Å²) in [6.45, 7) is 6.53. The topological polar surface area (TPSA) is 41.6 Å². The van der Waals surface area contributed by atoms with Crippen molar-refractivity contribution in [2.24, 2.45) is 5.92 Å². The van der Waals surface area contributed by atoms with E-state index in [1.54, 1.807) is 7.11 Å². The van der Waals surface area contributed by atoms with Gasteiger partial charge in [0.1, 0.15) is 0 Å². The summed E-state index contributed by atoms with van der Waals surface area (Å²) in [6.07, 6.45) is 1.85. The fraction of sp³-hybridized carbons (Fsp3) is 0.917. The molecule has 1 aliphatic rings. The van der Waals surface area contributed by atoms with Gasteiger partial charge in [0, 0.05) is 24.4 Å². The first-order valence-electron chi connectivity index (χ1n) is 6.26. The lowest BCUT2D eigenvalue weighted by atomic mass is 9.95. The van der Waals surface area contributed by atoms with E-state index in [9.17, 15) is 4.79 Å². The number of ether oxygens (including phenoxy) is 1. The zero-order chi connectivity index (χ0) is 12.8. The Labute approximate surface area is 109 Å². The Bertz CT molecular complexity index is 241. The van der Waals surface area contributed by atoms with Crippen molar-refractivity contribution in [3.05, 3.63) is 0 Å². The average molecular weight is 260 g/mol. The molecule has 2 atom stereocenters. The smallest absolute Gasteiger partial charge is 0.223 e. The number of carbonyl (C=O) groups excluding carboxylic acids is 1. The molecule has 0 aliphatic carbocycles. The third-order valence-corrected chi connectivity index (χ3v) is 3.56. The summed E-state index contributed by atoms with van der Waals surface area (Å²) in [7, 11) is 1.65. The van der Waals surface area contributed by atoms with Crippen molar-refractivity contribution in [2.45, 2.75) is 38.1 Å². The Morgan fingerprint density at radius 2 is 2.06 bits per heavy atom. The third-order valence-electron chi connectivity index (χ3n) is 3.23. The van der Waals surface area contributed by atoms with Gasteiger partial charge in [-0.25, -0.2) is 0 Å². The maximum absolute atomic E-state index is 12.0. The molecule has 1 rings (SSSR count). The molecular weight excluding hydrogens is 236 g/mol. The number of piperidine rings is 1. The van der Waals surface area contributed by atoms with Crippen LogP contribution in [0.25, 0.3) is 0 Å². The minimum absolute atomic E-state index is 0.0920. The Kier molecular flexibility index (Phi) is 6.30. The van der Waals surface area contributed by atoms with Gasteiger partial charge in [0.15, 0.2) is 0 Å². The Morgan fingerprint density at radius 3 is 2.53 bits per heavy atom. The summed E-state index contributed by atoms with van der Waals surface area (Å²) in [6, 6.07) is 0.0920. The van der Waals surface area contributed by atoms with Gasteiger partial charge in [-0.3, -0.25) is 9.69 Å². The highest BCUT2D eigenvalue weighted by molar-refractivity contribution is 7.80. The number of thiol groups is 1. The van der Waals surface area contributed by atoms with Crippen LogP contribution in [0.5, 0.6) is 0 Å². The van der Waals surface area contributed by atoms with Crippen molar-refractivity contribution in [3.8, 4) is 0 Å². The van der Waals surface area contributed by atoms with E-state index in [-0.39, 0.29) is 23.2 Å². The van der Waals surface area contributed by atoms with E-state index in [1.165, 1.54) is 0 Å². The monoisotopic (exact) mass is 260 g/mol. The van der Waals surface area contributed by atoms with Crippen LogP contribution in [0.2, 0.25) is 0 Å².